The van der Waals surface area contributed by atoms with Crippen molar-refractivity contribution in [1.29, 1.82) is 0 Å². The van der Waals surface area contributed by atoms with Crippen LogP contribution in [0, 0.1) is 11.8 Å². The summed E-state index contributed by atoms with van der Waals surface area (Å²) in [5.41, 5.74) is 6.02. The molecule has 0 aromatic rings. The van der Waals surface area contributed by atoms with Crippen LogP contribution in [0.25, 0.3) is 0 Å². The number of hydrogen-bond acceptors (Lipinski definition) is 3. The van der Waals surface area contributed by atoms with Crippen molar-refractivity contribution in [2.24, 2.45) is 17.6 Å². The smallest absolute Gasteiger partial charge is 0.227 e. The summed E-state index contributed by atoms with van der Waals surface area (Å²) in [6, 6.07) is 0. The van der Waals surface area contributed by atoms with Crippen LogP contribution in [0.5, 0.6) is 0 Å². The van der Waals surface area contributed by atoms with Crippen LogP contribution in [0.2, 0.25) is 0 Å². The van der Waals surface area contributed by atoms with Gasteiger partial charge in [0.2, 0.25) is 11.8 Å². The molecule has 2 unspecified atom stereocenters. The molecule has 2 amide bonds. The molecule has 5 heteroatoms. The van der Waals surface area contributed by atoms with E-state index in [0.717, 1.165) is 38.5 Å². The fourth-order valence-corrected chi connectivity index (χ4v) is 4.74. The molecule has 1 saturated heterocycles. The first-order valence-corrected chi connectivity index (χ1v) is 9.85. The quantitative estimate of drug-likeness (QED) is 0.841. The summed E-state index contributed by atoms with van der Waals surface area (Å²) in [5, 5.41) is 0. The highest BCUT2D eigenvalue weighted by molar-refractivity contribution is 5.82. The van der Waals surface area contributed by atoms with Gasteiger partial charge in [-0.25, -0.2) is 0 Å². The zero-order valence-electron chi connectivity index (χ0n) is 15.1. The lowest BCUT2D eigenvalue weighted by atomic mass is 9.74. The van der Waals surface area contributed by atoms with Crippen LogP contribution < -0.4 is 5.73 Å². The Bertz CT molecular complexity index is 463. The van der Waals surface area contributed by atoms with Gasteiger partial charge in [0, 0.05) is 37.6 Å². The molecule has 0 bridgehead atoms. The van der Waals surface area contributed by atoms with E-state index in [4.69, 9.17) is 5.73 Å². The van der Waals surface area contributed by atoms with Gasteiger partial charge in [-0.1, -0.05) is 32.1 Å². The Kier molecular flexibility index (Phi) is 5.48. The van der Waals surface area contributed by atoms with Crippen molar-refractivity contribution in [2.75, 3.05) is 26.2 Å². The number of amides is 2. The first-order valence-electron chi connectivity index (χ1n) is 9.85. The molecular formula is C19H33N3O2. The predicted molar refractivity (Wildman–Crippen MR) is 94.3 cm³/mol. The average Bonchev–Trinajstić information content (AvgIpc) is 2.61. The molecule has 3 aliphatic rings. The predicted octanol–water partition coefficient (Wildman–Crippen LogP) is 2.15. The van der Waals surface area contributed by atoms with Crippen molar-refractivity contribution in [1.82, 2.24) is 9.80 Å². The average molecular weight is 335 g/mol. The van der Waals surface area contributed by atoms with Crippen LogP contribution >= 0.6 is 0 Å². The molecule has 3 fully saturated rings. The standard InChI is InChI=1S/C19H33N3O2/c1-19(20)10-6-5-9-16(19)18(24)22-13-11-21(12-14-22)17(23)15-7-3-2-4-8-15/h15-16H,2-14,20H2,1H3. The second kappa shape index (κ2) is 7.42. The van der Waals surface area contributed by atoms with Crippen molar-refractivity contribution in [3.05, 3.63) is 0 Å². The summed E-state index contributed by atoms with van der Waals surface area (Å²) >= 11 is 0. The summed E-state index contributed by atoms with van der Waals surface area (Å²) in [4.78, 5) is 29.5. The zero-order chi connectivity index (χ0) is 17.2. The Morgan fingerprint density at radius 3 is 1.96 bits per heavy atom. The molecule has 0 radical (unpaired) electrons. The van der Waals surface area contributed by atoms with E-state index < -0.39 is 0 Å². The van der Waals surface area contributed by atoms with Crippen LogP contribution in [-0.4, -0.2) is 53.3 Å². The summed E-state index contributed by atoms with van der Waals surface area (Å²) < 4.78 is 0. The SMILES string of the molecule is CC1(N)CCCCC1C(=O)N1CCN(C(=O)C2CCCCC2)CC1. The number of rotatable bonds is 2. The number of carbonyl (C=O) groups is 2. The number of piperazine rings is 1. The molecule has 2 aliphatic carbocycles. The molecule has 2 N–H and O–H groups in total. The highest BCUT2D eigenvalue weighted by Gasteiger charge is 2.40. The Morgan fingerprint density at radius 1 is 0.833 bits per heavy atom. The van der Waals surface area contributed by atoms with Crippen molar-refractivity contribution in [3.8, 4) is 0 Å². The van der Waals surface area contributed by atoms with Gasteiger partial charge < -0.3 is 15.5 Å². The minimum atomic E-state index is -0.371. The van der Waals surface area contributed by atoms with E-state index in [1.165, 1.54) is 19.3 Å². The second-order valence-corrected chi connectivity index (χ2v) is 8.29. The zero-order valence-corrected chi connectivity index (χ0v) is 15.1. The van der Waals surface area contributed by atoms with Crippen LogP contribution in [0.15, 0.2) is 0 Å². The molecule has 1 aliphatic heterocycles. The Labute approximate surface area is 145 Å². The number of nitrogens with zero attached hydrogens (tertiary/aromatic N) is 2. The van der Waals surface area contributed by atoms with Gasteiger partial charge in [-0.2, -0.15) is 0 Å². The van der Waals surface area contributed by atoms with Crippen LogP contribution in [-0.2, 0) is 9.59 Å². The lowest BCUT2D eigenvalue weighted by Gasteiger charge is -2.43. The molecular weight excluding hydrogens is 302 g/mol. The van der Waals surface area contributed by atoms with Gasteiger partial charge in [0.1, 0.15) is 0 Å². The molecule has 1 heterocycles. The molecule has 2 saturated carbocycles. The third-order valence-corrected chi connectivity index (χ3v) is 6.41. The Balaban J connectivity index is 1.52. The molecule has 2 atom stereocenters. The molecule has 3 rings (SSSR count). The van der Waals surface area contributed by atoms with Gasteiger partial charge in [-0.15, -0.1) is 0 Å². The van der Waals surface area contributed by atoms with Gasteiger partial charge in [0.15, 0.2) is 0 Å². The summed E-state index contributed by atoms with van der Waals surface area (Å²) in [7, 11) is 0. The van der Waals surface area contributed by atoms with Crippen LogP contribution in [0.4, 0.5) is 0 Å². The summed E-state index contributed by atoms with van der Waals surface area (Å²) in [5.74, 6) is 0.714. The normalized spacial score (nSPS) is 32.7. The van der Waals surface area contributed by atoms with Crippen molar-refractivity contribution in [2.45, 2.75) is 70.3 Å². The first-order chi connectivity index (χ1) is 11.5. The van der Waals surface area contributed by atoms with Gasteiger partial charge in [0.25, 0.3) is 0 Å². The fraction of sp³-hybridized carbons (Fsp3) is 0.895. The molecule has 0 aromatic carbocycles. The Morgan fingerprint density at radius 2 is 1.38 bits per heavy atom. The molecule has 0 spiro atoms. The van der Waals surface area contributed by atoms with Gasteiger partial charge >= 0.3 is 0 Å². The number of hydrogen-bond donors (Lipinski definition) is 1. The molecule has 0 aromatic heterocycles. The summed E-state index contributed by atoms with van der Waals surface area (Å²) in [6.07, 6.45) is 9.81. The second-order valence-electron chi connectivity index (χ2n) is 8.29. The van der Waals surface area contributed by atoms with Crippen molar-refractivity contribution >= 4 is 11.8 Å². The van der Waals surface area contributed by atoms with Gasteiger partial charge in [-0.3, -0.25) is 9.59 Å². The van der Waals surface area contributed by atoms with Gasteiger partial charge in [0.05, 0.1) is 5.92 Å². The van der Waals surface area contributed by atoms with Crippen molar-refractivity contribution < 1.29 is 9.59 Å². The van der Waals surface area contributed by atoms with Crippen molar-refractivity contribution in [3.63, 3.8) is 0 Å². The maximum absolute atomic E-state index is 12.9. The fourth-order valence-electron chi connectivity index (χ4n) is 4.74. The third-order valence-electron chi connectivity index (χ3n) is 6.41. The molecule has 136 valence electrons. The first kappa shape index (κ1) is 17.7. The highest BCUT2D eigenvalue weighted by atomic mass is 16.2. The van der Waals surface area contributed by atoms with E-state index in [9.17, 15) is 9.59 Å². The minimum absolute atomic E-state index is 0.0492. The lowest BCUT2D eigenvalue weighted by Crippen LogP contribution is -2.58. The van der Waals surface area contributed by atoms with E-state index >= 15 is 0 Å². The Hall–Kier alpha value is -1.10. The monoisotopic (exact) mass is 335 g/mol. The largest absolute Gasteiger partial charge is 0.339 e. The minimum Gasteiger partial charge on any atom is -0.339 e. The van der Waals surface area contributed by atoms with Crippen LogP contribution in [0.3, 0.4) is 0 Å². The van der Waals surface area contributed by atoms with Crippen LogP contribution in [0.1, 0.15) is 64.7 Å². The maximum Gasteiger partial charge on any atom is 0.227 e. The summed E-state index contributed by atoms with van der Waals surface area (Å²) in [6.45, 7) is 4.75. The topological polar surface area (TPSA) is 66.6 Å². The highest BCUT2D eigenvalue weighted by Crippen LogP contribution is 2.33. The van der Waals surface area contributed by atoms with E-state index in [0.29, 0.717) is 32.1 Å². The number of carbonyl (C=O) groups excluding carboxylic acids is 2. The van der Waals surface area contributed by atoms with E-state index in [2.05, 4.69) is 0 Å². The lowest BCUT2D eigenvalue weighted by molar-refractivity contribution is -0.146. The molecule has 5 nitrogen and oxygen atoms in total. The number of nitrogens with two attached hydrogens (primary N) is 1. The van der Waals surface area contributed by atoms with E-state index in [1.54, 1.807) is 0 Å². The maximum atomic E-state index is 12.9. The van der Waals surface area contributed by atoms with E-state index in [1.807, 2.05) is 16.7 Å². The van der Waals surface area contributed by atoms with Gasteiger partial charge in [-0.05, 0) is 32.6 Å². The molecule has 24 heavy (non-hydrogen) atoms. The third kappa shape index (κ3) is 3.76. The van der Waals surface area contributed by atoms with E-state index in [-0.39, 0.29) is 23.3 Å².